The number of carbonyl (C=O) groups is 2. The summed E-state index contributed by atoms with van der Waals surface area (Å²) in [6, 6.07) is 3.08. The van der Waals surface area contributed by atoms with E-state index in [0.717, 1.165) is 12.3 Å². The molecule has 2 saturated heterocycles. The van der Waals surface area contributed by atoms with E-state index in [0.29, 0.717) is 0 Å². The van der Waals surface area contributed by atoms with Gasteiger partial charge in [0.25, 0.3) is 16.0 Å². The Balaban J connectivity index is 1.70. The monoisotopic (exact) mass is 598 g/mol. The molecule has 2 N–H and O–H groups in total. The van der Waals surface area contributed by atoms with E-state index in [2.05, 4.69) is 4.98 Å². The number of anilines is 1. The fourth-order valence-electron chi connectivity index (χ4n) is 5.60. The maximum absolute atomic E-state index is 15.0. The minimum Gasteiger partial charge on any atom is -0.507 e. The number of carbonyl (C=O) groups excluding carboxylic acids is 1. The second-order valence-corrected chi connectivity index (χ2v) is 12.7. The smallest absolute Gasteiger partial charge is 0.407 e. The largest absolute Gasteiger partial charge is 0.507 e. The molecule has 0 saturated carbocycles. The molecule has 2 aromatic rings. The molecule has 12 nitrogen and oxygen atoms in total. The first-order valence-electron chi connectivity index (χ1n) is 12.5. The number of hydrogen-bond acceptors (Lipinski definition) is 9. The zero-order valence-electron chi connectivity index (χ0n) is 21.9. The Morgan fingerprint density at radius 3 is 2.62 bits per heavy atom. The molecule has 40 heavy (non-hydrogen) atoms. The van der Waals surface area contributed by atoms with E-state index in [1.54, 1.807) is 4.90 Å². The van der Waals surface area contributed by atoms with Crippen LogP contribution in [-0.2, 0) is 14.3 Å². The van der Waals surface area contributed by atoms with Gasteiger partial charge in [0.05, 0.1) is 24.0 Å². The molecule has 216 valence electrons. The summed E-state index contributed by atoms with van der Waals surface area (Å²) in [6.45, 7) is 3.75. The molecule has 0 bridgehead atoms. The molecule has 1 aromatic heterocycles. The van der Waals surface area contributed by atoms with Crippen molar-refractivity contribution in [1.29, 1.82) is 0 Å². The number of rotatable bonds is 4. The number of halogens is 2. The Labute approximate surface area is 235 Å². The zero-order chi connectivity index (χ0) is 29.1. The van der Waals surface area contributed by atoms with Crippen molar-refractivity contribution in [3.05, 3.63) is 34.6 Å². The maximum atomic E-state index is 15.0. The van der Waals surface area contributed by atoms with Gasteiger partial charge in [0.15, 0.2) is 5.75 Å². The number of aromatic nitrogens is 1. The van der Waals surface area contributed by atoms with Gasteiger partial charge in [-0.05, 0) is 32.4 Å². The molecule has 0 aliphatic carbocycles. The van der Waals surface area contributed by atoms with Gasteiger partial charge < -0.3 is 29.6 Å². The summed E-state index contributed by atoms with van der Waals surface area (Å²) in [4.78, 5) is 34.7. The van der Waals surface area contributed by atoms with Crippen molar-refractivity contribution in [2.45, 2.75) is 38.0 Å². The lowest BCUT2D eigenvalue weighted by Crippen LogP contribution is -2.57. The number of aromatic hydroxyl groups is 1. The predicted molar refractivity (Wildman–Crippen MR) is 142 cm³/mol. The minimum absolute atomic E-state index is 0.00980. The van der Waals surface area contributed by atoms with Gasteiger partial charge in [-0.2, -0.15) is 8.42 Å². The van der Waals surface area contributed by atoms with Gasteiger partial charge in [-0.25, -0.2) is 14.2 Å². The molecule has 2 amide bonds. The highest BCUT2D eigenvalue weighted by molar-refractivity contribution is 7.86. The van der Waals surface area contributed by atoms with Crippen molar-refractivity contribution in [3.63, 3.8) is 0 Å². The van der Waals surface area contributed by atoms with E-state index in [4.69, 9.17) is 20.5 Å². The molecule has 15 heteroatoms. The lowest BCUT2D eigenvalue weighted by Gasteiger charge is -2.39. The quantitative estimate of drug-likeness (QED) is 0.503. The van der Waals surface area contributed by atoms with Crippen LogP contribution < -0.4 is 9.64 Å². The number of nitrogens with zero attached hydrogens (tertiary/aromatic N) is 4. The summed E-state index contributed by atoms with van der Waals surface area (Å²) in [5, 5.41) is 19.8. The number of carboxylic acid groups (broad SMARTS) is 1. The molecule has 4 heterocycles. The number of phenols is 1. The lowest BCUT2D eigenvalue weighted by molar-refractivity contribution is 0.0390. The zero-order valence-corrected chi connectivity index (χ0v) is 23.5. The normalized spacial score (nSPS) is 22.4. The second-order valence-electron chi connectivity index (χ2n) is 10.7. The van der Waals surface area contributed by atoms with Crippen molar-refractivity contribution < 1.29 is 41.5 Å². The van der Waals surface area contributed by atoms with Crippen LogP contribution in [0.25, 0.3) is 11.3 Å². The van der Waals surface area contributed by atoms with Crippen LogP contribution in [0.3, 0.4) is 0 Å². The Hall–Kier alpha value is -3.36. The molecule has 3 aliphatic rings. The van der Waals surface area contributed by atoms with Crippen molar-refractivity contribution in [2.24, 2.45) is 0 Å². The first-order chi connectivity index (χ1) is 18.7. The fourth-order valence-corrected chi connectivity index (χ4v) is 6.50. The van der Waals surface area contributed by atoms with Gasteiger partial charge in [0.2, 0.25) is 0 Å². The van der Waals surface area contributed by atoms with Crippen LogP contribution in [0.1, 0.15) is 30.6 Å². The average Bonchev–Trinajstić information content (AvgIpc) is 3.05. The van der Waals surface area contributed by atoms with Gasteiger partial charge in [-0.3, -0.25) is 8.98 Å². The molecule has 2 atom stereocenters. The van der Waals surface area contributed by atoms with Gasteiger partial charge in [-0.1, -0.05) is 17.7 Å². The van der Waals surface area contributed by atoms with E-state index in [1.807, 2.05) is 13.8 Å². The third kappa shape index (κ3) is 4.99. The number of hydrogen-bond donors (Lipinski definition) is 2. The van der Waals surface area contributed by atoms with Crippen LogP contribution >= 0.6 is 11.6 Å². The molecule has 3 aliphatic heterocycles. The van der Waals surface area contributed by atoms with E-state index in [9.17, 15) is 28.2 Å². The number of phenolic OH excluding ortho intramolecular Hbond substituents is 1. The van der Waals surface area contributed by atoms with Crippen LogP contribution in [0, 0.1) is 5.82 Å². The highest BCUT2D eigenvalue weighted by atomic mass is 35.5. The molecule has 0 spiro atoms. The predicted octanol–water partition coefficient (Wildman–Crippen LogP) is 2.78. The summed E-state index contributed by atoms with van der Waals surface area (Å²) >= 11 is 6.72. The standard InChI is InChI=1S/C25H28ClFN4O8S/c1-25(2)9-14(39-40(3,36)37)11-31(25)22-18-21(19(26)20(28-22)17-15(27)5-4-6-16(17)32)38-12-13-10-29(24(34)35)7-8-30(13)23(18)33/h4-6,13-14,32H,7-12H2,1-3H3,(H,34,35)/t13-,14?/m1/s1. The van der Waals surface area contributed by atoms with E-state index >= 15 is 4.39 Å². The molecular formula is C25H28ClFN4O8S. The summed E-state index contributed by atoms with van der Waals surface area (Å²) in [5.74, 6) is -1.80. The van der Waals surface area contributed by atoms with Crippen molar-refractivity contribution in [2.75, 3.05) is 43.9 Å². The third-order valence-corrected chi connectivity index (χ3v) is 8.34. The van der Waals surface area contributed by atoms with E-state index < -0.39 is 51.4 Å². The Morgan fingerprint density at radius 1 is 1.25 bits per heavy atom. The second kappa shape index (κ2) is 9.93. The highest BCUT2D eigenvalue weighted by Crippen LogP contribution is 2.48. The Bertz CT molecular complexity index is 1480. The van der Waals surface area contributed by atoms with E-state index in [1.165, 1.54) is 21.9 Å². The van der Waals surface area contributed by atoms with Gasteiger partial charge in [0.1, 0.15) is 40.3 Å². The van der Waals surface area contributed by atoms with Crippen LogP contribution in [0.15, 0.2) is 18.2 Å². The summed E-state index contributed by atoms with van der Waals surface area (Å²) in [7, 11) is -3.80. The van der Waals surface area contributed by atoms with E-state index in [-0.39, 0.29) is 72.6 Å². The Kier molecular flexibility index (Phi) is 6.99. The number of piperazine rings is 1. The topological polar surface area (TPSA) is 150 Å². The average molecular weight is 599 g/mol. The summed E-state index contributed by atoms with van der Waals surface area (Å²) in [5.41, 5.74) is -1.28. The van der Waals surface area contributed by atoms with Crippen LogP contribution in [-0.4, -0.2) is 102 Å². The van der Waals surface area contributed by atoms with Crippen LogP contribution in [0.5, 0.6) is 11.5 Å². The Morgan fingerprint density at radius 2 is 1.98 bits per heavy atom. The molecule has 1 unspecified atom stereocenters. The SMILES string of the molecule is CC1(C)CC(OS(C)(=O)=O)CN1c1nc(-c2c(O)cccc2F)c(Cl)c2c1C(=O)N1CCN(C(=O)O)C[C@@H]1CO2. The van der Waals surface area contributed by atoms with Crippen molar-refractivity contribution in [3.8, 4) is 22.8 Å². The first kappa shape index (κ1) is 28.2. The summed E-state index contributed by atoms with van der Waals surface area (Å²) in [6.07, 6.45) is -0.684. The number of benzene rings is 1. The number of pyridine rings is 1. The third-order valence-electron chi connectivity index (χ3n) is 7.36. The van der Waals surface area contributed by atoms with Gasteiger partial charge >= 0.3 is 6.09 Å². The molecular weight excluding hydrogens is 571 g/mol. The minimum atomic E-state index is -3.80. The molecule has 5 rings (SSSR count). The number of ether oxygens (including phenoxy) is 1. The maximum Gasteiger partial charge on any atom is 0.407 e. The molecule has 2 fully saturated rings. The van der Waals surface area contributed by atoms with Gasteiger partial charge in [0, 0.05) is 31.7 Å². The number of fused-ring (bicyclic) bond motifs is 2. The lowest BCUT2D eigenvalue weighted by atomic mass is 10.00. The van der Waals surface area contributed by atoms with Crippen LogP contribution in [0.4, 0.5) is 15.0 Å². The molecule has 0 radical (unpaired) electrons. The highest BCUT2D eigenvalue weighted by Gasteiger charge is 2.46. The summed E-state index contributed by atoms with van der Waals surface area (Å²) < 4.78 is 50.1. The molecule has 1 aromatic carbocycles. The number of amides is 2. The first-order valence-corrected chi connectivity index (χ1v) is 14.7. The van der Waals surface area contributed by atoms with Gasteiger partial charge in [-0.15, -0.1) is 0 Å². The van der Waals surface area contributed by atoms with Crippen LogP contribution in [0.2, 0.25) is 5.02 Å². The van der Waals surface area contributed by atoms with Crippen molar-refractivity contribution >= 4 is 39.5 Å². The fraction of sp³-hybridized carbons (Fsp3) is 0.480. The van der Waals surface area contributed by atoms with Crippen molar-refractivity contribution in [1.82, 2.24) is 14.8 Å².